The second-order valence-electron chi connectivity index (χ2n) is 5.00. The summed E-state index contributed by atoms with van der Waals surface area (Å²) in [6.07, 6.45) is 1.31. The zero-order chi connectivity index (χ0) is 13.7. The van der Waals surface area contributed by atoms with E-state index in [0.717, 1.165) is 29.3 Å². The molecule has 3 nitrogen and oxygen atoms in total. The molecule has 0 radical (unpaired) electrons. The van der Waals surface area contributed by atoms with Gasteiger partial charge in [-0.05, 0) is 61.5 Å². The zero-order valence-electron chi connectivity index (χ0n) is 11.7. The Labute approximate surface area is 119 Å². The smallest absolute Gasteiger partial charge is 0.251 e. The van der Waals surface area contributed by atoms with E-state index in [2.05, 4.69) is 17.6 Å². The first-order valence-electron chi connectivity index (χ1n) is 6.91. The number of aryl methyl sites for hydroxylation is 1. The molecule has 1 aromatic rings. The van der Waals surface area contributed by atoms with Gasteiger partial charge in [0.05, 0.1) is 0 Å². The van der Waals surface area contributed by atoms with Crippen LogP contribution in [0.5, 0.6) is 0 Å². The maximum Gasteiger partial charge on any atom is 0.251 e. The van der Waals surface area contributed by atoms with E-state index in [9.17, 15) is 4.79 Å². The van der Waals surface area contributed by atoms with Gasteiger partial charge in [0.1, 0.15) is 0 Å². The molecule has 2 rings (SSSR count). The first-order valence-corrected chi connectivity index (χ1v) is 8.06. The molecule has 1 aromatic carbocycles. The first kappa shape index (κ1) is 14.3. The van der Waals surface area contributed by atoms with Gasteiger partial charge in [0, 0.05) is 24.3 Å². The highest BCUT2D eigenvalue weighted by Gasteiger charge is 2.15. The minimum atomic E-state index is 0.00402. The molecule has 19 heavy (non-hydrogen) atoms. The summed E-state index contributed by atoms with van der Waals surface area (Å²) in [6.45, 7) is 5.68. The van der Waals surface area contributed by atoms with Crippen molar-refractivity contribution in [2.75, 3.05) is 29.9 Å². The number of hydrogen-bond acceptors (Lipinski definition) is 3. The molecule has 0 saturated carbocycles. The monoisotopic (exact) mass is 278 g/mol. The summed E-state index contributed by atoms with van der Waals surface area (Å²) in [5.41, 5.74) is 3.01. The second-order valence-corrected chi connectivity index (χ2v) is 6.15. The summed E-state index contributed by atoms with van der Waals surface area (Å²) in [4.78, 5) is 11.7. The second kappa shape index (κ2) is 6.85. The average Bonchev–Trinajstić information content (AvgIpc) is 2.90. The van der Waals surface area contributed by atoms with Crippen LogP contribution in [-0.4, -0.2) is 30.5 Å². The quantitative estimate of drug-likeness (QED) is 0.870. The molecule has 2 N–H and O–H groups in total. The molecule has 4 heteroatoms. The third kappa shape index (κ3) is 3.90. The van der Waals surface area contributed by atoms with E-state index in [1.54, 1.807) is 0 Å². The summed E-state index contributed by atoms with van der Waals surface area (Å²) < 4.78 is 0. The van der Waals surface area contributed by atoms with Crippen molar-refractivity contribution in [1.29, 1.82) is 0 Å². The summed E-state index contributed by atoms with van der Waals surface area (Å²) >= 11 is 2.04. The highest BCUT2D eigenvalue weighted by molar-refractivity contribution is 7.99. The maximum absolute atomic E-state index is 11.7. The largest absolute Gasteiger partial charge is 0.385 e. The SMILES string of the molecule is CCNC(=O)c1ccc(NCC2CCSC2)c(C)c1. The number of carbonyl (C=O) groups is 1. The summed E-state index contributed by atoms with van der Waals surface area (Å²) in [7, 11) is 0. The van der Waals surface area contributed by atoms with Crippen molar-refractivity contribution >= 4 is 23.4 Å². The number of amides is 1. The minimum Gasteiger partial charge on any atom is -0.385 e. The molecule has 0 bridgehead atoms. The lowest BCUT2D eigenvalue weighted by molar-refractivity contribution is 0.0956. The van der Waals surface area contributed by atoms with E-state index in [0.29, 0.717) is 6.54 Å². The van der Waals surface area contributed by atoms with Crippen molar-refractivity contribution in [3.8, 4) is 0 Å². The van der Waals surface area contributed by atoms with Crippen molar-refractivity contribution in [1.82, 2.24) is 5.32 Å². The van der Waals surface area contributed by atoms with Gasteiger partial charge >= 0.3 is 0 Å². The van der Waals surface area contributed by atoms with Crippen LogP contribution in [0.2, 0.25) is 0 Å². The molecule has 1 aliphatic heterocycles. The number of hydrogen-bond donors (Lipinski definition) is 2. The molecule has 0 aliphatic carbocycles. The molecule has 1 unspecified atom stereocenters. The van der Waals surface area contributed by atoms with Crippen LogP contribution in [0.4, 0.5) is 5.69 Å². The number of nitrogens with one attached hydrogen (secondary N) is 2. The van der Waals surface area contributed by atoms with Crippen LogP contribution in [0.15, 0.2) is 18.2 Å². The third-order valence-electron chi connectivity index (χ3n) is 3.43. The molecule has 1 atom stereocenters. The number of rotatable bonds is 5. The van der Waals surface area contributed by atoms with E-state index >= 15 is 0 Å². The van der Waals surface area contributed by atoms with Crippen molar-refractivity contribution in [3.05, 3.63) is 29.3 Å². The molecule has 104 valence electrons. The lowest BCUT2D eigenvalue weighted by Crippen LogP contribution is -2.22. The first-order chi connectivity index (χ1) is 9.20. The van der Waals surface area contributed by atoms with Crippen LogP contribution in [-0.2, 0) is 0 Å². The van der Waals surface area contributed by atoms with Gasteiger partial charge in [0.2, 0.25) is 0 Å². The molecule has 0 spiro atoms. The van der Waals surface area contributed by atoms with Crippen LogP contribution in [0, 0.1) is 12.8 Å². The average molecular weight is 278 g/mol. The minimum absolute atomic E-state index is 0.00402. The summed E-state index contributed by atoms with van der Waals surface area (Å²) in [5, 5.41) is 6.33. The fourth-order valence-electron chi connectivity index (χ4n) is 2.26. The van der Waals surface area contributed by atoms with Crippen molar-refractivity contribution < 1.29 is 4.79 Å². The van der Waals surface area contributed by atoms with Crippen molar-refractivity contribution in [2.45, 2.75) is 20.3 Å². The Balaban J connectivity index is 1.96. The van der Waals surface area contributed by atoms with Crippen molar-refractivity contribution in [2.24, 2.45) is 5.92 Å². The standard InChI is InChI=1S/C15H22N2OS/c1-3-16-15(18)13-4-5-14(11(2)8-13)17-9-12-6-7-19-10-12/h4-5,8,12,17H,3,6-7,9-10H2,1-2H3,(H,16,18). The number of benzene rings is 1. The van der Waals surface area contributed by atoms with E-state index in [-0.39, 0.29) is 5.91 Å². The normalized spacial score (nSPS) is 18.3. The van der Waals surface area contributed by atoms with E-state index in [4.69, 9.17) is 0 Å². The van der Waals surface area contributed by atoms with Crippen LogP contribution < -0.4 is 10.6 Å². The number of thioether (sulfide) groups is 1. The van der Waals surface area contributed by atoms with Gasteiger partial charge in [-0.1, -0.05) is 0 Å². The summed E-state index contributed by atoms with van der Waals surface area (Å²) in [6, 6.07) is 5.86. The van der Waals surface area contributed by atoms with Gasteiger partial charge < -0.3 is 10.6 Å². The lowest BCUT2D eigenvalue weighted by Gasteiger charge is -2.14. The Bertz CT molecular complexity index is 442. The summed E-state index contributed by atoms with van der Waals surface area (Å²) in [5.74, 6) is 3.35. The molecule has 1 fully saturated rings. The highest BCUT2D eigenvalue weighted by atomic mass is 32.2. The predicted molar refractivity (Wildman–Crippen MR) is 83.1 cm³/mol. The third-order valence-corrected chi connectivity index (χ3v) is 4.66. The molecule has 1 heterocycles. The van der Waals surface area contributed by atoms with Gasteiger partial charge in [0.25, 0.3) is 5.91 Å². The van der Waals surface area contributed by atoms with E-state index in [1.807, 2.05) is 36.9 Å². The van der Waals surface area contributed by atoms with Gasteiger partial charge in [-0.3, -0.25) is 4.79 Å². The van der Waals surface area contributed by atoms with Crippen LogP contribution in [0.1, 0.15) is 29.3 Å². The van der Waals surface area contributed by atoms with Gasteiger partial charge in [-0.2, -0.15) is 11.8 Å². The molecule has 0 aromatic heterocycles. The van der Waals surface area contributed by atoms with E-state index in [1.165, 1.54) is 17.9 Å². The number of carbonyl (C=O) groups excluding carboxylic acids is 1. The molecule has 1 saturated heterocycles. The predicted octanol–water partition coefficient (Wildman–Crippen LogP) is 2.91. The molecular weight excluding hydrogens is 256 g/mol. The Morgan fingerprint density at radius 3 is 2.95 bits per heavy atom. The van der Waals surface area contributed by atoms with Crippen molar-refractivity contribution in [3.63, 3.8) is 0 Å². The number of anilines is 1. The highest BCUT2D eigenvalue weighted by Crippen LogP contribution is 2.24. The van der Waals surface area contributed by atoms with Gasteiger partial charge in [-0.25, -0.2) is 0 Å². The Hall–Kier alpha value is -1.16. The molecule has 1 amide bonds. The van der Waals surface area contributed by atoms with E-state index < -0.39 is 0 Å². The van der Waals surface area contributed by atoms with Gasteiger partial charge in [-0.15, -0.1) is 0 Å². The Kier molecular flexibility index (Phi) is 5.14. The van der Waals surface area contributed by atoms with Gasteiger partial charge in [0.15, 0.2) is 0 Å². The Morgan fingerprint density at radius 1 is 1.47 bits per heavy atom. The molecule has 1 aliphatic rings. The zero-order valence-corrected chi connectivity index (χ0v) is 12.5. The molecular formula is C15H22N2OS. The topological polar surface area (TPSA) is 41.1 Å². The maximum atomic E-state index is 11.7. The Morgan fingerprint density at radius 2 is 2.32 bits per heavy atom. The lowest BCUT2D eigenvalue weighted by atomic mass is 10.1. The fraction of sp³-hybridized carbons (Fsp3) is 0.533. The van der Waals surface area contributed by atoms with Crippen LogP contribution >= 0.6 is 11.8 Å². The van der Waals surface area contributed by atoms with Crippen LogP contribution in [0.25, 0.3) is 0 Å². The fourth-order valence-corrected chi connectivity index (χ4v) is 3.55. The van der Waals surface area contributed by atoms with Crippen LogP contribution in [0.3, 0.4) is 0 Å².